The first-order valence-corrected chi connectivity index (χ1v) is 13.2. The molecule has 0 radical (unpaired) electrons. The van der Waals surface area contributed by atoms with Gasteiger partial charge in [0.2, 0.25) is 5.91 Å². The maximum absolute atomic E-state index is 13.0. The predicted molar refractivity (Wildman–Crippen MR) is 144 cm³/mol. The highest BCUT2D eigenvalue weighted by molar-refractivity contribution is 8.00. The summed E-state index contributed by atoms with van der Waals surface area (Å²) in [5.74, 6) is 1.61. The molecule has 4 atom stereocenters. The Balaban J connectivity index is 1.35. The second-order valence-corrected chi connectivity index (χ2v) is 11.1. The minimum Gasteiger partial charge on any atom is -0.370 e. The van der Waals surface area contributed by atoms with Gasteiger partial charge in [0.25, 0.3) is 0 Å². The number of benzene rings is 2. The molecule has 35 heavy (non-hydrogen) atoms. The van der Waals surface area contributed by atoms with E-state index in [2.05, 4.69) is 61.4 Å². The van der Waals surface area contributed by atoms with Crippen molar-refractivity contribution in [3.8, 4) is 11.1 Å². The third-order valence-corrected chi connectivity index (χ3v) is 8.76. The van der Waals surface area contributed by atoms with Gasteiger partial charge in [-0.2, -0.15) is 0 Å². The first kappa shape index (κ1) is 23.7. The molecule has 1 aromatic heterocycles. The van der Waals surface area contributed by atoms with Gasteiger partial charge in [0, 0.05) is 38.4 Å². The SMILES string of the molecule is Cc1cc(-c2cccc(CN3C=CC4CC3C4C)c2)cnc1SC(C(=O)N(C)C)c1ccccc1. The Morgan fingerprint density at radius 1 is 1.11 bits per heavy atom. The van der Waals surface area contributed by atoms with Crippen molar-refractivity contribution in [2.24, 2.45) is 11.8 Å². The lowest BCUT2D eigenvalue weighted by Crippen LogP contribution is -2.51. The Labute approximate surface area is 213 Å². The average Bonchev–Trinajstić information content (AvgIpc) is 2.88. The van der Waals surface area contributed by atoms with Crippen LogP contribution < -0.4 is 0 Å². The Kier molecular flexibility index (Phi) is 6.70. The fourth-order valence-electron chi connectivity index (χ4n) is 5.13. The lowest BCUT2D eigenvalue weighted by molar-refractivity contribution is -0.128. The maximum Gasteiger partial charge on any atom is 0.240 e. The number of hydrogen-bond donors (Lipinski definition) is 0. The number of aromatic nitrogens is 1. The molecule has 0 saturated heterocycles. The monoisotopic (exact) mass is 483 g/mol. The molecule has 2 aliphatic heterocycles. The van der Waals surface area contributed by atoms with Gasteiger partial charge in [-0.3, -0.25) is 4.79 Å². The minimum absolute atomic E-state index is 0.0676. The summed E-state index contributed by atoms with van der Waals surface area (Å²) in [6.07, 6.45) is 7.90. The van der Waals surface area contributed by atoms with Gasteiger partial charge in [0.1, 0.15) is 5.25 Å². The molecule has 0 N–H and O–H groups in total. The molecule has 2 bridgehead atoms. The van der Waals surface area contributed by atoms with Gasteiger partial charge >= 0.3 is 0 Å². The lowest BCUT2D eigenvalue weighted by Gasteiger charge is -2.51. The number of nitrogens with zero attached hydrogens (tertiary/aromatic N) is 3. The van der Waals surface area contributed by atoms with E-state index >= 15 is 0 Å². The summed E-state index contributed by atoms with van der Waals surface area (Å²) in [6.45, 7) is 5.39. The highest BCUT2D eigenvalue weighted by Gasteiger charge is 2.41. The van der Waals surface area contributed by atoms with Crippen LogP contribution in [-0.2, 0) is 11.3 Å². The molecule has 6 rings (SSSR count). The summed E-state index contributed by atoms with van der Waals surface area (Å²) < 4.78 is 0. The molecule has 3 aliphatic rings. The number of carbonyl (C=O) groups excluding carboxylic acids is 1. The minimum atomic E-state index is -0.322. The number of pyridine rings is 1. The molecule has 4 nitrogen and oxygen atoms in total. The van der Waals surface area contributed by atoms with Crippen LogP contribution in [0.1, 0.15) is 35.3 Å². The van der Waals surface area contributed by atoms with Crippen LogP contribution in [0, 0.1) is 18.8 Å². The summed E-state index contributed by atoms with van der Waals surface area (Å²) in [5, 5.41) is 0.568. The number of likely N-dealkylation sites (N-methyl/N-ethyl adjacent to an activating group) is 1. The highest BCUT2D eigenvalue weighted by atomic mass is 32.2. The number of amides is 1. The number of fused-ring (bicyclic) bond motifs is 1. The van der Waals surface area contributed by atoms with Crippen LogP contribution in [0.3, 0.4) is 0 Å². The van der Waals surface area contributed by atoms with Gasteiger partial charge in [-0.15, -0.1) is 0 Å². The molecule has 1 saturated carbocycles. The maximum atomic E-state index is 13.0. The van der Waals surface area contributed by atoms with Gasteiger partial charge in [-0.25, -0.2) is 4.98 Å². The molecule has 5 heteroatoms. The van der Waals surface area contributed by atoms with Crippen molar-refractivity contribution in [2.45, 2.75) is 43.1 Å². The summed E-state index contributed by atoms with van der Waals surface area (Å²) >= 11 is 1.52. The Bertz CT molecular complexity index is 1240. The first-order valence-electron chi connectivity index (χ1n) is 12.3. The van der Waals surface area contributed by atoms with Crippen LogP contribution >= 0.6 is 11.8 Å². The second kappa shape index (κ2) is 9.90. The Morgan fingerprint density at radius 2 is 1.91 bits per heavy atom. The average molecular weight is 484 g/mol. The molecule has 1 amide bonds. The van der Waals surface area contributed by atoms with Crippen molar-refractivity contribution >= 4 is 17.7 Å². The Morgan fingerprint density at radius 3 is 2.60 bits per heavy atom. The van der Waals surface area contributed by atoms with Crippen LogP contribution in [-0.4, -0.2) is 40.8 Å². The van der Waals surface area contributed by atoms with Gasteiger partial charge in [-0.1, -0.05) is 73.3 Å². The van der Waals surface area contributed by atoms with Crippen LogP contribution in [0.5, 0.6) is 0 Å². The molecule has 1 aliphatic carbocycles. The van der Waals surface area contributed by atoms with E-state index in [0.717, 1.165) is 40.1 Å². The van der Waals surface area contributed by atoms with Crippen molar-refractivity contribution in [1.82, 2.24) is 14.8 Å². The molecule has 2 aromatic carbocycles. The van der Waals surface area contributed by atoms with E-state index < -0.39 is 0 Å². The predicted octanol–water partition coefficient (Wildman–Crippen LogP) is 6.33. The lowest BCUT2D eigenvalue weighted by atomic mass is 9.67. The molecule has 1 fully saturated rings. The summed E-state index contributed by atoms with van der Waals surface area (Å²) in [4.78, 5) is 21.9. The second-order valence-electron chi connectivity index (χ2n) is 10.0. The van der Waals surface area contributed by atoms with Crippen molar-refractivity contribution in [1.29, 1.82) is 0 Å². The van der Waals surface area contributed by atoms with E-state index in [0.29, 0.717) is 6.04 Å². The fraction of sp³-hybridized carbons (Fsp3) is 0.333. The number of aryl methyl sites for hydroxylation is 1. The zero-order valence-corrected chi connectivity index (χ0v) is 21.7. The zero-order valence-electron chi connectivity index (χ0n) is 20.9. The number of hydrogen-bond acceptors (Lipinski definition) is 4. The quantitative estimate of drug-likeness (QED) is 0.368. The molecule has 4 unspecified atom stereocenters. The van der Waals surface area contributed by atoms with E-state index in [-0.39, 0.29) is 11.2 Å². The highest BCUT2D eigenvalue weighted by Crippen LogP contribution is 2.43. The van der Waals surface area contributed by atoms with Crippen LogP contribution in [0.25, 0.3) is 11.1 Å². The number of carbonyl (C=O) groups is 1. The van der Waals surface area contributed by atoms with E-state index in [1.807, 2.05) is 36.5 Å². The molecule has 0 spiro atoms. The van der Waals surface area contributed by atoms with E-state index in [1.54, 1.807) is 19.0 Å². The molecular formula is C30H33N3OS. The van der Waals surface area contributed by atoms with Crippen molar-refractivity contribution in [3.05, 3.63) is 95.8 Å². The molecule has 180 valence electrons. The third kappa shape index (κ3) is 4.87. The normalized spacial score (nSPS) is 21.4. The fourth-order valence-corrected chi connectivity index (χ4v) is 6.32. The number of thioether (sulfide) groups is 1. The van der Waals surface area contributed by atoms with Crippen molar-refractivity contribution in [3.63, 3.8) is 0 Å². The number of allylic oxidation sites excluding steroid dienone is 1. The van der Waals surface area contributed by atoms with Gasteiger partial charge < -0.3 is 9.80 Å². The zero-order chi connectivity index (χ0) is 24.5. The van der Waals surface area contributed by atoms with E-state index in [9.17, 15) is 4.79 Å². The number of rotatable bonds is 7. The summed E-state index contributed by atoms with van der Waals surface area (Å²) in [7, 11) is 3.61. The largest absolute Gasteiger partial charge is 0.370 e. The van der Waals surface area contributed by atoms with Gasteiger partial charge in [0.05, 0.1) is 5.03 Å². The smallest absolute Gasteiger partial charge is 0.240 e. The Hall–Kier alpha value is -3.05. The topological polar surface area (TPSA) is 36.4 Å². The van der Waals surface area contributed by atoms with Crippen LogP contribution in [0.4, 0.5) is 0 Å². The summed E-state index contributed by atoms with van der Waals surface area (Å²) in [5.41, 5.74) is 5.68. The van der Waals surface area contributed by atoms with Gasteiger partial charge in [-0.05, 0) is 65.8 Å². The standard InChI is InChI=1S/C30H33N3OS/c1-20-15-26(18-31-29(20)35-28(30(34)32(3)4)23-10-6-5-7-11-23)25-12-8-9-22(16-25)19-33-14-13-24-17-27(33)21(24)2/h5-16,18,21,24,27-28H,17,19H2,1-4H3. The summed E-state index contributed by atoms with van der Waals surface area (Å²) in [6, 6.07) is 21.6. The molecule has 3 heterocycles. The van der Waals surface area contributed by atoms with Crippen molar-refractivity contribution in [2.75, 3.05) is 14.1 Å². The first-order chi connectivity index (χ1) is 16.9. The van der Waals surface area contributed by atoms with Crippen LogP contribution in [0.2, 0.25) is 0 Å². The van der Waals surface area contributed by atoms with Crippen LogP contribution in [0.15, 0.2) is 84.2 Å². The third-order valence-electron chi connectivity index (χ3n) is 7.40. The van der Waals surface area contributed by atoms with E-state index in [1.165, 1.54) is 29.3 Å². The van der Waals surface area contributed by atoms with E-state index in [4.69, 9.17) is 4.98 Å². The van der Waals surface area contributed by atoms with Gasteiger partial charge in [0.15, 0.2) is 0 Å². The van der Waals surface area contributed by atoms with Crippen molar-refractivity contribution < 1.29 is 4.79 Å². The molecular weight excluding hydrogens is 450 g/mol. The molecule has 3 aromatic rings.